The van der Waals surface area contributed by atoms with Gasteiger partial charge in [-0.05, 0) is 66.3 Å². The summed E-state index contributed by atoms with van der Waals surface area (Å²) in [7, 11) is 0. The molecule has 0 radical (unpaired) electrons. The van der Waals surface area contributed by atoms with E-state index in [1.54, 1.807) is 18.7 Å². The Bertz CT molecular complexity index is 1090. The van der Waals surface area contributed by atoms with Gasteiger partial charge in [0.15, 0.2) is 11.5 Å². The summed E-state index contributed by atoms with van der Waals surface area (Å²) in [5.74, 6) is 0.728. The summed E-state index contributed by atoms with van der Waals surface area (Å²) < 4.78 is 0. The standard InChI is InChI=1S/C20H19ClN6/c1-12-15(5-8-23-19-18-20(25-10-24-18)27-11-26-19)9-16(21)13(2)17(12)14-3-6-22-7-4-14/h3-4,6-7,9-11H,5,8H2,1-2H3,(H2,23,24,25,26,27). The van der Waals surface area contributed by atoms with Crippen LogP contribution in [0.4, 0.5) is 5.82 Å². The monoisotopic (exact) mass is 378 g/mol. The van der Waals surface area contributed by atoms with Gasteiger partial charge in [0.25, 0.3) is 0 Å². The molecule has 0 atom stereocenters. The summed E-state index contributed by atoms with van der Waals surface area (Å²) in [6.45, 7) is 4.92. The zero-order valence-electron chi connectivity index (χ0n) is 15.1. The number of benzene rings is 1. The van der Waals surface area contributed by atoms with E-state index in [0.29, 0.717) is 0 Å². The fraction of sp³-hybridized carbons (Fsp3) is 0.200. The molecule has 0 aliphatic heterocycles. The van der Waals surface area contributed by atoms with E-state index < -0.39 is 0 Å². The molecular weight excluding hydrogens is 360 g/mol. The van der Waals surface area contributed by atoms with E-state index in [1.807, 2.05) is 12.1 Å². The van der Waals surface area contributed by atoms with Gasteiger partial charge in [-0.1, -0.05) is 11.6 Å². The molecule has 1 aromatic carbocycles. The fourth-order valence-corrected chi connectivity index (χ4v) is 3.58. The van der Waals surface area contributed by atoms with Gasteiger partial charge in [0, 0.05) is 24.0 Å². The highest BCUT2D eigenvalue weighted by Gasteiger charge is 2.13. The molecule has 4 rings (SSSR count). The maximum atomic E-state index is 6.53. The topological polar surface area (TPSA) is 79.4 Å². The van der Waals surface area contributed by atoms with Crippen molar-refractivity contribution in [3.05, 3.63) is 65.0 Å². The Labute approximate surface area is 162 Å². The minimum absolute atomic E-state index is 0.717. The van der Waals surface area contributed by atoms with Gasteiger partial charge in [0.2, 0.25) is 0 Å². The zero-order valence-corrected chi connectivity index (χ0v) is 15.9. The summed E-state index contributed by atoms with van der Waals surface area (Å²) >= 11 is 6.53. The first-order chi connectivity index (χ1) is 13.1. The molecule has 0 saturated carbocycles. The van der Waals surface area contributed by atoms with Crippen LogP contribution in [0.25, 0.3) is 22.3 Å². The van der Waals surface area contributed by atoms with Crippen molar-refractivity contribution in [1.29, 1.82) is 0 Å². The average Bonchev–Trinajstić information content (AvgIpc) is 3.16. The lowest BCUT2D eigenvalue weighted by atomic mass is 9.91. The second kappa shape index (κ2) is 7.32. The van der Waals surface area contributed by atoms with Crippen LogP contribution in [0.3, 0.4) is 0 Å². The summed E-state index contributed by atoms with van der Waals surface area (Å²) in [5.41, 5.74) is 7.30. The predicted octanol–water partition coefficient (Wildman–Crippen LogP) is 4.34. The highest BCUT2D eigenvalue weighted by molar-refractivity contribution is 6.31. The number of fused-ring (bicyclic) bond motifs is 1. The molecule has 3 aromatic heterocycles. The molecule has 4 aromatic rings. The molecule has 2 N–H and O–H groups in total. The first-order valence-electron chi connectivity index (χ1n) is 8.72. The predicted molar refractivity (Wildman–Crippen MR) is 108 cm³/mol. The Morgan fingerprint density at radius 2 is 1.89 bits per heavy atom. The Balaban J connectivity index is 1.59. The summed E-state index contributed by atoms with van der Waals surface area (Å²) in [6.07, 6.45) is 7.58. The van der Waals surface area contributed by atoms with Crippen LogP contribution in [-0.4, -0.2) is 31.5 Å². The number of halogens is 1. The van der Waals surface area contributed by atoms with Gasteiger partial charge in [-0.3, -0.25) is 4.98 Å². The third-order valence-electron chi connectivity index (χ3n) is 4.76. The van der Waals surface area contributed by atoms with Crippen molar-refractivity contribution in [2.75, 3.05) is 11.9 Å². The van der Waals surface area contributed by atoms with E-state index in [2.05, 4.69) is 50.2 Å². The van der Waals surface area contributed by atoms with E-state index >= 15 is 0 Å². The minimum Gasteiger partial charge on any atom is -0.368 e. The zero-order chi connectivity index (χ0) is 18.8. The molecule has 27 heavy (non-hydrogen) atoms. The number of aromatic nitrogens is 5. The van der Waals surface area contributed by atoms with E-state index in [1.165, 1.54) is 23.0 Å². The number of nitrogens with one attached hydrogen (secondary N) is 2. The van der Waals surface area contributed by atoms with E-state index in [9.17, 15) is 0 Å². The molecule has 0 unspecified atom stereocenters. The number of anilines is 1. The lowest BCUT2D eigenvalue weighted by Crippen LogP contribution is -2.09. The minimum atomic E-state index is 0.717. The number of H-pyrrole nitrogens is 1. The molecule has 0 aliphatic carbocycles. The number of nitrogens with zero attached hydrogens (tertiary/aromatic N) is 4. The van der Waals surface area contributed by atoms with Crippen LogP contribution in [0.1, 0.15) is 16.7 Å². The van der Waals surface area contributed by atoms with Crippen LogP contribution in [-0.2, 0) is 6.42 Å². The molecule has 0 aliphatic rings. The van der Waals surface area contributed by atoms with E-state index in [4.69, 9.17) is 11.6 Å². The van der Waals surface area contributed by atoms with Crippen LogP contribution in [0.5, 0.6) is 0 Å². The van der Waals surface area contributed by atoms with Crippen LogP contribution in [0.15, 0.2) is 43.2 Å². The van der Waals surface area contributed by atoms with Crippen molar-refractivity contribution in [3.8, 4) is 11.1 Å². The molecule has 136 valence electrons. The molecular formula is C20H19ClN6. The largest absolute Gasteiger partial charge is 0.368 e. The van der Waals surface area contributed by atoms with Gasteiger partial charge in [-0.25, -0.2) is 15.0 Å². The number of aromatic amines is 1. The molecule has 0 bridgehead atoms. The maximum Gasteiger partial charge on any atom is 0.162 e. The van der Waals surface area contributed by atoms with Gasteiger partial charge in [-0.15, -0.1) is 0 Å². The van der Waals surface area contributed by atoms with Crippen LogP contribution < -0.4 is 5.32 Å². The molecule has 3 heterocycles. The van der Waals surface area contributed by atoms with Crippen molar-refractivity contribution in [2.45, 2.75) is 20.3 Å². The lowest BCUT2D eigenvalue weighted by molar-refractivity contribution is 0.991. The number of hydrogen-bond acceptors (Lipinski definition) is 5. The molecule has 6 nitrogen and oxygen atoms in total. The summed E-state index contributed by atoms with van der Waals surface area (Å²) in [5, 5.41) is 4.13. The molecule has 0 spiro atoms. The quantitative estimate of drug-likeness (QED) is 0.540. The van der Waals surface area contributed by atoms with Crippen molar-refractivity contribution < 1.29 is 0 Å². The van der Waals surface area contributed by atoms with Crippen LogP contribution in [0, 0.1) is 13.8 Å². The number of pyridine rings is 1. The second-order valence-electron chi connectivity index (χ2n) is 6.38. The first kappa shape index (κ1) is 17.4. The Morgan fingerprint density at radius 1 is 1.07 bits per heavy atom. The molecule has 0 amide bonds. The average molecular weight is 379 g/mol. The number of imidazole rings is 1. The Hall–Kier alpha value is -2.99. The highest BCUT2D eigenvalue weighted by atomic mass is 35.5. The molecule has 7 heteroatoms. The number of hydrogen-bond donors (Lipinski definition) is 2. The highest BCUT2D eigenvalue weighted by Crippen LogP contribution is 2.34. The Kier molecular flexibility index (Phi) is 4.73. The second-order valence-corrected chi connectivity index (χ2v) is 6.78. The van der Waals surface area contributed by atoms with E-state index in [0.717, 1.165) is 46.1 Å². The fourth-order valence-electron chi connectivity index (χ4n) is 3.35. The maximum absolute atomic E-state index is 6.53. The third kappa shape index (κ3) is 3.36. The van der Waals surface area contributed by atoms with Gasteiger partial charge in [0.05, 0.1) is 6.33 Å². The van der Waals surface area contributed by atoms with Gasteiger partial charge in [-0.2, -0.15) is 0 Å². The van der Waals surface area contributed by atoms with Crippen molar-refractivity contribution in [2.24, 2.45) is 0 Å². The smallest absolute Gasteiger partial charge is 0.162 e. The van der Waals surface area contributed by atoms with Crippen molar-refractivity contribution in [1.82, 2.24) is 24.9 Å². The van der Waals surface area contributed by atoms with Crippen molar-refractivity contribution in [3.63, 3.8) is 0 Å². The van der Waals surface area contributed by atoms with Crippen LogP contribution in [0.2, 0.25) is 5.02 Å². The van der Waals surface area contributed by atoms with E-state index in [-0.39, 0.29) is 0 Å². The SMILES string of the molecule is Cc1c(Cl)cc(CCNc2ncnc3[nH]cnc23)c(C)c1-c1ccncc1. The Morgan fingerprint density at radius 3 is 2.70 bits per heavy atom. The van der Waals surface area contributed by atoms with Crippen LogP contribution >= 0.6 is 11.6 Å². The lowest BCUT2D eigenvalue weighted by Gasteiger charge is -2.17. The van der Waals surface area contributed by atoms with Gasteiger partial charge < -0.3 is 10.3 Å². The number of rotatable bonds is 5. The normalized spacial score (nSPS) is 11.1. The first-order valence-corrected chi connectivity index (χ1v) is 9.10. The third-order valence-corrected chi connectivity index (χ3v) is 5.16. The van der Waals surface area contributed by atoms with Crippen molar-refractivity contribution >= 4 is 28.6 Å². The summed E-state index contributed by atoms with van der Waals surface area (Å²) in [4.78, 5) is 19.8. The molecule has 0 fully saturated rings. The van der Waals surface area contributed by atoms with Gasteiger partial charge >= 0.3 is 0 Å². The molecule has 0 saturated heterocycles. The van der Waals surface area contributed by atoms with Gasteiger partial charge in [0.1, 0.15) is 11.8 Å². The summed E-state index contributed by atoms with van der Waals surface area (Å²) in [6, 6.07) is 6.09.